The van der Waals surface area contributed by atoms with E-state index in [9.17, 15) is 9.59 Å². The van der Waals surface area contributed by atoms with E-state index in [0.717, 1.165) is 16.8 Å². The van der Waals surface area contributed by atoms with Crippen LogP contribution in [0.25, 0.3) is 5.69 Å². The van der Waals surface area contributed by atoms with Crippen molar-refractivity contribution >= 4 is 11.9 Å². The topological polar surface area (TPSA) is 86.1 Å². The molecule has 3 aromatic rings. The molecule has 1 atom stereocenters. The Balaban J connectivity index is 1.82. The Morgan fingerprint density at radius 3 is 2.33 bits per heavy atom. The van der Waals surface area contributed by atoms with Gasteiger partial charge in [0.1, 0.15) is 0 Å². The van der Waals surface area contributed by atoms with E-state index in [4.69, 9.17) is 4.74 Å². The Kier molecular flexibility index (Phi) is 6.61. The number of nitrogens with one attached hydrogen (secondary N) is 1. The molecule has 7 heteroatoms. The molecule has 3 rings (SSSR count). The van der Waals surface area contributed by atoms with Gasteiger partial charge in [0.25, 0.3) is 5.91 Å². The maximum absolute atomic E-state index is 13.0. The quantitative estimate of drug-likeness (QED) is 0.605. The van der Waals surface area contributed by atoms with Crippen LogP contribution in [-0.4, -0.2) is 33.0 Å². The van der Waals surface area contributed by atoms with Crippen molar-refractivity contribution in [3.63, 3.8) is 0 Å². The lowest BCUT2D eigenvalue weighted by molar-refractivity contribution is -0.147. The van der Waals surface area contributed by atoms with Crippen LogP contribution in [0.4, 0.5) is 0 Å². The number of benzene rings is 2. The number of hydrogen-bond acceptors (Lipinski definition) is 5. The van der Waals surface area contributed by atoms with Gasteiger partial charge in [-0.05, 0) is 45.4 Å². The number of hydrogen-bond donors (Lipinski definition) is 1. The SMILES string of the molecule is Cc1ccc(-n2nnc(C(=O)NC(CC(=O)OC(C)C)c3ccccc3)c2C)cc1. The van der Waals surface area contributed by atoms with Crippen LogP contribution in [-0.2, 0) is 9.53 Å². The van der Waals surface area contributed by atoms with Gasteiger partial charge in [0.05, 0.1) is 29.9 Å². The highest BCUT2D eigenvalue weighted by atomic mass is 16.5. The predicted octanol–water partition coefficient (Wildman–Crippen LogP) is 3.70. The fourth-order valence-electron chi connectivity index (χ4n) is 3.11. The Labute approximate surface area is 176 Å². The summed E-state index contributed by atoms with van der Waals surface area (Å²) < 4.78 is 6.89. The molecule has 30 heavy (non-hydrogen) atoms. The van der Waals surface area contributed by atoms with E-state index in [1.54, 1.807) is 25.5 Å². The Bertz CT molecular complexity index is 1010. The van der Waals surface area contributed by atoms with Crippen LogP contribution in [0.3, 0.4) is 0 Å². The smallest absolute Gasteiger partial charge is 0.308 e. The normalized spacial score (nSPS) is 11.9. The van der Waals surface area contributed by atoms with Crippen LogP contribution in [0.15, 0.2) is 54.6 Å². The first-order valence-electron chi connectivity index (χ1n) is 9.89. The van der Waals surface area contributed by atoms with E-state index < -0.39 is 11.9 Å². The van der Waals surface area contributed by atoms with Crippen LogP contribution >= 0.6 is 0 Å². The minimum absolute atomic E-state index is 0.0269. The highest BCUT2D eigenvalue weighted by Gasteiger charge is 2.24. The fourth-order valence-corrected chi connectivity index (χ4v) is 3.11. The summed E-state index contributed by atoms with van der Waals surface area (Å²) in [5.41, 5.74) is 3.61. The zero-order chi connectivity index (χ0) is 21.7. The molecule has 0 saturated carbocycles. The van der Waals surface area contributed by atoms with Crippen molar-refractivity contribution in [1.82, 2.24) is 20.3 Å². The van der Waals surface area contributed by atoms with Crippen LogP contribution < -0.4 is 5.32 Å². The molecule has 0 aliphatic rings. The monoisotopic (exact) mass is 406 g/mol. The van der Waals surface area contributed by atoms with Crippen molar-refractivity contribution in [2.24, 2.45) is 0 Å². The lowest BCUT2D eigenvalue weighted by Crippen LogP contribution is -2.31. The van der Waals surface area contributed by atoms with Crippen LogP contribution in [0.2, 0.25) is 0 Å². The third kappa shape index (κ3) is 5.11. The molecule has 0 spiro atoms. The van der Waals surface area contributed by atoms with E-state index in [2.05, 4.69) is 15.6 Å². The highest BCUT2D eigenvalue weighted by Crippen LogP contribution is 2.20. The number of aromatic nitrogens is 3. The van der Waals surface area contributed by atoms with Gasteiger partial charge < -0.3 is 10.1 Å². The standard InChI is InChI=1S/C23H26N4O3/c1-15(2)30-21(28)14-20(18-8-6-5-7-9-18)24-23(29)22-17(4)27(26-25-22)19-12-10-16(3)11-13-19/h5-13,15,20H,14H2,1-4H3,(H,24,29). The molecule has 7 nitrogen and oxygen atoms in total. The van der Waals surface area contributed by atoms with Crippen molar-refractivity contribution < 1.29 is 14.3 Å². The van der Waals surface area contributed by atoms with Crippen LogP contribution in [0, 0.1) is 13.8 Å². The van der Waals surface area contributed by atoms with Gasteiger partial charge in [-0.15, -0.1) is 5.10 Å². The molecule has 1 heterocycles. The van der Waals surface area contributed by atoms with Crippen molar-refractivity contribution in [1.29, 1.82) is 0 Å². The van der Waals surface area contributed by atoms with Gasteiger partial charge in [0.15, 0.2) is 5.69 Å². The molecule has 0 radical (unpaired) electrons. The molecule has 0 saturated heterocycles. The number of carbonyl (C=O) groups is 2. The lowest BCUT2D eigenvalue weighted by atomic mass is 10.0. The average molecular weight is 406 g/mol. The van der Waals surface area contributed by atoms with Crippen LogP contribution in [0.1, 0.15) is 53.6 Å². The molecular weight excluding hydrogens is 380 g/mol. The summed E-state index contributed by atoms with van der Waals surface area (Å²) >= 11 is 0. The molecule has 1 amide bonds. The van der Waals surface area contributed by atoms with Gasteiger partial charge in [0.2, 0.25) is 0 Å². The van der Waals surface area contributed by atoms with Crippen molar-refractivity contribution in [2.45, 2.75) is 46.3 Å². The third-order valence-corrected chi connectivity index (χ3v) is 4.63. The molecule has 156 valence electrons. The van der Waals surface area contributed by atoms with Gasteiger partial charge in [-0.25, -0.2) is 4.68 Å². The van der Waals surface area contributed by atoms with Crippen molar-refractivity contribution in [3.8, 4) is 5.69 Å². The summed E-state index contributed by atoms with van der Waals surface area (Å²) in [6, 6.07) is 16.6. The second kappa shape index (κ2) is 9.35. The molecule has 0 aliphatic heterocycles. The molecule has 1 N–H and O–H groups in total. The maximum Gasteiger partial charge on any atom is 0.308 e. The van der Waals surface area contributed by atoms with Crippen molar-refractivity contribution in [2.75, 3.05) is 0 Å². The minimum Gasteiger partial charge on any atom is -0.463 e. The van der Waals surface area contributed by atoms with E-state index in [0.29, 0.717) is 5.69 Å². The van der Waals surface area contributed by atoms with Gasteiger partial charge >= 0.3 is 5.97 Å². The number of ether oxygens (including phenoxy) is 1. The molecule has 0 fully saturated rings. The van der Waals surface area contributed by atoms with Gasteiger partial charge in [-0.2, -0.15) is 0 Å². The maximum atomic E-state index is 13.0. The zero-order valence-electron chi connectivity index (χ0n) is 17.6. The van der Waals surface area contributed by atoms with Crippen LogP contribution in [0.5, 0.6) is 0 Å². The predicted molar refractivity (Wildman–Crippen MR) is 113 cm³/mol. The lowest BCUT2D eigenvalue weighted by Gasteiger charge is -2.19. The summed E-state index contributed by atoms with van der Waals surface area (Å²) in [4.78, 5) is 25.2. The fraction of sp³-hybridized carbons (Fsp3) is 0.304. The van der Waals surface area contributed by atoms with E-state index in [-0.39, 0.29) is 24.2 Å². The van der Waals surface area contributed by atoms with E-state index in [1.165, 1.54) is 0 Å². The Morgan fingerprint density at radius 1 is 1.03 bits per heavy atom. The molecule has 1 unspecified atom stereocenters. The number of rotatable bonds is 7. The highest BCUT2D eigenvalue weighted by molar-refractivity contribution is 5.93. The number of amides is 1. The first-order chi connectivity index (χ1) is 14.3. The van der Waals surface area contributed by atoms with E-state index in [1.807, 2.05) is 61.5 Å². The second-order valence-electron chi connectivity index (χ2n) is 7.45. The first kappa shape index (κ1) is 21.2. The largest absolute Gasteiger partial charge is 0.463 e. The third-order valence-electron chi connectivity index (χ3n) is 4.63. The molecule has 1 aromatic heterocycles. The Hall–Kier alpha value is -3.48. The number of aryl methyl sites for hydroxylation is 1. The number of carbonyl (C=O) groups excluding carboxylic acids is 2. The summed E-state index contributed by atoms with van der Waals surface area (Å²) in [5, 5.41) is 11.1. The summed E-state index contributed by atoms with van der Waals surface area (Å²) in [7, 11) is 0. The molecule has 0 bridgehead atoms. The summed E-state index contributed by atoms with van der Waals surface area (Å²) in [5.74, 6) is -0.767. The Morgan fingerprint density at radius 2 is 1.70 bits per heavy atom. The van der Waals surface area contributed by atoms with Crippen molar-refractivity contribution in [3.05, 3.63) is 77.1 Å². The molecule has 0 aliphatic carbocycles. The molecular formula is C23H26N4O3. The molecule has 2 aromatic carbocycles. The second-order valence-corrected chi connectivity index (χ2v) is 7.45. The average Bonchev–Trinajstić information content (AvgIpc) is 3.09. The summed E-state index contributed by atoms with van der Waals surface area (Å²) in [6.45, 7) is 7.38. The number of nitrogens with zero attached hydrogens (tertiary/aromatic N) is 3. The first-order valence-corrected chi connectivity index (χ1v) is 9.89. The zero-order valence-corrected chi connectivity index (χ0v) is 17.6. The number of esters is 1. The minimum atomic E-state index is -0.533. The van der Waals surface area contributed by atoms with Gasteiger partial charge in [-0.3, -0.25) is 9.59 Å². The van der Waals surface area contributed by atoms with E-state index >= 15 is 0 Å². The van der Waals surface area contributed by atoms with Gasteiger partial charge in [-0.1, -0.05) is 53.2 Å². The summed E-state index contributed by atoms with van der Waals surface area (Å²) in [6.07, 6.45) is -0.194. The van der Waals surface area contributed by atoms with Gasteiger partial charge in [0, 0.05) is 0 Å².